The number of benzene rings is 1. The van der Waals surface area contributed by atoms with E-state index in [0.29, 0.717) is 17.6 Å². The van der Waals surface area contributed by atoms with Crippen molar-refractivity contribution < 1.29 is 9.90 Å². The van der Waals surface area contributed by atoms with E-state index < -0.39 is 0 Å². The number of carbonyl (C=O) groups excluding carboxylic acids is 1. The lowest BCUT2D eigenvalue weighted by atomic mass is 9.47. The van der Waals surface area contributed by atoms with Crippen LogP contribution in [0.3, 0.4) is 0 Å². The number of hydrogen-bond donors (Lipinski definition) is 1. The fourth-order valence-corrected chi connectivity index (χ4v) is 8.63. The van der Waals surface area contributed by atoms with Crippen LogP contribution in [-0.2, 0) is 4.79 Å². The number of ketones is 1. The van der Waals surface area contributed by atoms with Crippen LogP contribution in [0.4, 0.5) is 0 Å². The van der Waals surface area contributed by atoms with E-state index in [2.05, 4.69) is 38.1 Å². The molecule has 2 nitrogen and oxygen atoms in total. The summed E-state index contributed by atoms with van der Waals surface area (Å²) in [5.41, 5.74) is 2.97. The van der Waals surface area contributed by atoms with Crippen molar-refractivity contribution in [3.05, 3.63) is 41.5 Å². The zero-order valence-corrected chi connectivity index (χ0v) is 18.6. The van der Waals surface area contributed by atoms with E-state index in [-0.39, 0.29) is 16.9 Å². The molecule has 3 fully saturated rings. The van der Waals surface area contributed by atoms with Crippen LogP contribution in [0.15, 0.2) is 46.4 Å². The normalized spacial score (nSPS) is 41.7. The molecular formula is C26H34O2S. The van der Waals surface area contributed by atoms with Gasteiger partial charge in [0.05, 0.1) is 6.10 Å². The molecule has 6 atom stereocenters. The van der Waals surface area contributed by atoms with Crippen LogP contribution in [-0.4, -0.2) is 22.7 Å². The molecule has 29 heavy (non-hydrogen) atoms. The molecule has 0 spiro atoms. The highest BCUT2D eigenvalue weighted by Crippen LogP contribution is 2.65. The van der Waals surface area contributed by atoms with Gasteiger partial charge in [-0.1, -0.05) is 37.6 Å². The van der Waals surface area contributed by atoms with Crippen molar-refractivity contribution in [3.63, 3.8) is 0 Å². The SMILES string of the molecule is C[C@]12CC[C@H]3[C@@H](CCC4=C(CSc5ccccc5)C(=O)CC[C@@]43C)[C@@H]1CC[C@@H]2O. The summed E-state index contributed by atoms with van der Waals surface area (Å²) in [5, 5.41) is 10.7. The molecule has 0 aromatic heterocycles. The van der Waals surface area contributed by atoms with E-state index in [4.69, 9.17) is 0 Å². The van der Waals surface area contributed by atoms with Gasteiger partial charge in [0.15, 0.2) is 5.78 Å². The Bertz CT molecular complexity index is 830. The highest BCUT2D eigenvalue weighted by molar-refractivity contribution is 7.99. The van der Waals surface area contributed by atoms with Crippen LogP contribution >= 0.6 is 11.8 Å². The van der Waals surface area contributed by atoms with Crippen molar-refractivity contribution in [1.82, 2.24) is 0 Å². The summed E-state index contributed by atoms with van der Waals surface area (Å²) in [4.78, 5) is 14.2. The van der Waals surface area contributed by atoms with Crippen LogP contribution < -0.4 is 0 Å². The van der Waals surface area contributed by atoms with Crippen LogP contribution in [0.25, 0.3) is 0 Å². The lowest BCUT2D eigenvalue weighted by Gasteiger charge is -2.58. The minimum Gasteiger partial charge on any atom is -0.393 e. The third kappa shape index (κ3) is 3.07. The number of fused-ring (bicyclic) bond motifs is 5. The van der Waals surface area contributed by atoms with Gasteiger partial charge >= 0.3 is 0 Å². The Morgan fingerprint density at radius 1 is 1.00 bits per heavy atom. The first-order chi connectivity index (χ1) is 13.9. The molecule has 0 saturated heterocycles. The average molecular weight is 411 g/mol. The van der Waals surface area contributed by atoms with Crippen molar-refractivity contribution >= 4 is 17.5 Å². The van der Waals surface area contributed by atoms with E-state index >= 15 is 0 Å². The number of thioether (sulfide) groups is 1. The first kappa shape index (κ1) is 19.9. The van der Waals surface area contributed by atoms with Gasteiger partial charge < -0.3 is 5.11 Å². The second-order valence-electron chi connectivity index (χ2n) is 10.5. The predicted molar refractivity (Wildman–Crippen MR) is 119 cm³/mol. The molecule has 0 radical (unpaired) electrons. The van der Waals surface area contributed by atoms with Gasteiger partial charge in [0.25, 0.3) is 0 Å². The van der Waals surface area contributed by atoms with Gasteiger partial charge in [-0.2, -0.15) is 0 Å². The predicted octanol–water partition coefficient (Wildman–Crippen LogP) is 6.04. The number of allylic oxidation sites excluding steroid dienone is 1. The average Bonchev–Trinajstić information content (AvgIpc) is 3.03. The van der Waals surface area contributed by atoms with E-state index in [1.807, 2.05) is 17.8 Å². The van der Waals surface area contributed by atoms with E-state index in [0.717, 1.165) is 49.3 Å². The fraction of sp³-hybridized carbons (Fsp3) is 0.654. The van der Waals surface area contributed by atoms with Crippen molar-refractivity contribution in [3.8, 4) is 0 Å². The van der Waals surface area contributed by atoms with Gasteiger partial charge in [-0.15, -0.1) is 11.8 Å². The van der Waals surface area contributed by atoms with Crippen molar-refractivity contribution in [2.75, 3.05) is 5.75 Å². The first-order valence-corrected chi connectivity index (χ1v) is 12.5. The summed E-state index contributed by atoms with van der Waals surface area (Å²) in [6, 6.07) is 10.5. The molecule has 0 aliphatic heterocycles. The zero-order chi connectivity index (χ0) is 20.2. The molecule has 0 unspecified atom stereocenters. The molecule has 1 aromatic carbocycles. The minimum atomic E-state index is -0.107. The third-order valence-corrected chi connectivity index (χ3v) is 10.4. The lowest BCUT2D eigenvalue weighted by Crippen LogP contribution is -2.51. The lowest BCUT2D eigenvalue weighted by molar-refractivity contribution is -0.119. The van der Waals surface area contributed by atoms with Gasteiger partial charge in [-0.05, 0) is 85.7 Å². The Balaban J connectivity index is 1.44. The standard InChI is InChI=1S/C26H34O2S/c1-25-15-13-23(27)19(16-29-17-6-4-3-5-7-17)21(25)9-8-18-20-10-11-24(28)26(20,2)14-12-22(18)25/h3-7,18,20,22,24,28H,8-16H2,1-2H3/t18-,20-,22-,24-,25-,26-/m0/s1. The Kier molecular flexibility index (Phi) is 4.98. The van der Waals surface area contributed by atoms with E-state index in [9.17, 15) is 9.90 Å². The highest BCUT2D eigenvalue weighted by atomic mass is 32.2. The zero-order valence-electron chi connectivity index (χ0n) is 17.8. The summed E-state index contributed by atoms with van der Waals surface area (Å²) >= 11 is 1.82. The van der Waals surface area contributed by atoms with Gasteiger partial charge in [0.1, 0.15) is 0 Å². The Morgan fingerprint density at radius 2 is 1.79 bits per heavy atom. The molecule has 5 rings (SSSR count). The molecule has 1 N–H and O–H groups in total. The Hall–Kier alpha value is -1.06. The maximum Gasteiger partial charge on any atom is 0.159 e. The number of aliphatic hydroxyl groups excluding tert-OH is 1. The largest absolute Gasteiger partial charge is 0.393 e. The molecule has 4 aliphatic carbocycles. The number of carbonyl (C=O) groups is 1. The van der Waals surface area contributed by atoms with Crippen LogP contribution in [0, 0.1) is 28.6 Å². The first-order valence-electron chi connectivity index (χ1n) is 11.5. The second kappa shape index (κ2) is 7.27. The molecule has 0 bridgehead atoms. The van der Waals surface area contributed by atoms with E-state index in [1.165, 1.54) is 29.7 Å². The van der Waals surface area contributed by atoms with Crippen LogP contribution in [0.2, 0.25) is 0 Å². The van der Waals surface area contributed by atoms with Gasteiger partial charge in [-0.25, -0.2) is 0 Å². The summed E-state index contributed by atoms with van der Waals surface area (Å²) in [5.74, 6) is 3.33. The maximum absolute atomic E-state index is 12.9. The number of aliphatic hydroxyl groups is 1. The molecule has 3 heteroatoms. The summed E-state index contributed by atoms with van der Waals surface area (Å²) in [7, 11) is 0. The summed E-state index contributed by atoms with van der Waals surface area (Å²) in [6.45, 7) is 4.83. The number of rotatable bonds is 3. The summed E-state index contributed by atoms with van der Waals surface area (Å²) < 4.78 is 0. The molecule has 156 valence electrons. The molecule has 1 aromatic rings. The van der Waals surface area contributed by atoms with Crippen LogP contribution in [0.5, 0.6) is 0 Å². The van der Waals surface area contributed by atoms with Crippen molar-refractivity contribution in [2.24, 2.45) is 28.6 Å². The van der Waals surface area contributed by atoms with Gasteiger partial charge in [0.2, 0.25) is 0 Å². The van der Waals surface area contributed by atoms with E-state index in [1.54, 1.807) is 0 Å². The van der Waals surface area contributed by atoms with Gasteiger partial charge in [0, 0.05) is 22.6 Å². The quantitative estimate of drug-likeness (QED) is 0.617. The smallest absolute Gasteiger partial charge is 0.159 e. The third-order valence-electron chi connectivity index (χ3n) is 9.32. The molecule has 4 aliphatic rings. The Labute approximate surface area is 179 Å². The monoisotopic (exact) mass is 410 g/mol. The van der Waals surface area contributed by atoms with Crippen molar-refractivity contribution in [1.29, 1.82) is 0 Å². The van der Waals surface area contributed by atoms with Crippen molar-refractivity contribution in [2.45, 2.75) is 76.2 Å². The number of Topliss-reactive ketones (excluding diaryl/α,β-unsaturated/α-hetero) is 1. The van der Waals surface area contributed by atoms with Crippen LogP contribution in [0.1, 0.15) is 65.2 Å². The second-order valence-corrected chi connectivity index (χ2v) is 11.5. The van der Waals surface area contributed by atoms with Gasteiger partial charge in [-0.3, -0.25) is 4.79 Å². The molecular weight excluding hydrogens is 376 g/mol. The molecule has 0 amide bonds. The topological polar surface area (TPSA) is 37.3 Å². The molecule has 0 heterocycles. The summed E-state index contributed by atoms with van der Waals surface area (Å²) in [6.07, 6.45) is 8.53. The highest BCUT2D eigenvalue weighted by Gasteiger charge is 2.59. The Morgan fingerprint density at radius 3 is 2.59 bits per heavy atom. The fourth-order valence-electron chi connectivity index (χ4n) is 7.64. The maximum atomic E-state index is 12.9. The molecule has 3 saturated carbocycles. The number of hydrogen-bond acceptors (Lipinski definition) is 3. The minimum absolute atomic E-state index is 0.107.